The Morgan fingerprint density at radius 1 is 1.00 bits per heavy atom. The lowest BCUT2D eigenvalue weighted by Gasteiger charge is -2.11. The maximum atomic E-state index is 5.40. The molecule has 4 nitrogen and oxygen atoms in total. The average Bonchev–Trinajstić information content (AvgIpc) is 3.03. The Hall–Kier alpha value is -2.62. The number of furan rings is 1. The molecule has 0 aliphatic rings. The van der Waals surface area contributed by atoms with Gasteiger partial charge in [0.15, 0.2) is 11.6 Å². The molecule has 0 atom stereocenters. The zero-order valence-electron chi connectivity index (χ0n) is 11.4. The number of rotatable bonds is 3. The van der Waals surface area contributed by atoms with Crippen LogP contribution in [0, 0.1) is 6.92 Å². The number of benzene rings is 1. The summed E-state index contributed by atoms with van der Waals surface area (Å²) in [5.74, 6) is 2.06. The highest BCUT2D eigenvalue weighted by molar-refractivity contribution is 5.70. The Morgan fingerprint density at radius 3 is 2.45 bits per heavy atom. The van der Waals surface area contributed by atoms with Gasteiger partial charge >= 0.3 is 0 Å². The normalized spacial score (nSPS) is 10.5. The van der Waals surface area contributed by atoms with E-state index in [1.165, 1.54) is 0 Å². The van der Waals surface area contributed by atoms with Crippen molar-refractivity contribution < 1.29 is 4.42 Å². The van der Waals surface area contributed by atoms with E-state index in [1.807, 2.05) is 56.4 Å². The topological polar surface area (TPSA) is 51.0 Å². The zero-order valence-corrected chi connectivity index (χ0v) is 11.4. The lowest BCUT2D eigenvalue weighted by atomic mass is 10.1. The number of nitrogens with zero attached hydrogens (tertiary/aromatic N) is 2. The van der Waals surface area contributed by atoms with Crippen LogP contribution in [-0.2, 0) is 0 Å². The van der Waals surface area contributed by atoms with E-state index in [1.54, 1.807) is 6.26 Å². The molecule has 3 rings (SSSR count). The van der Waals surface area contributed by atoms with Crippen molar-refractivity contribution in [2.24, 2.45) is 0 Å². The number of aromatic nitrogens is 2. The minimum absolute atomic E-state index is 0.587. The fourth-order valence-corrected chi connectivity index (χ4v) is 2.15. The SMILES string of the molecule is CNc1nc(-c2ccco2)nc(-c2ccccc2)c1C. The van der Waals surface area contributed by atoms with Gasteiger partial charge in [-0.05, 0) is 19.1 Å². The molecule has 0 aliphatic carbocycles. The fourth-order valence-electron chi connectivity index (χ4n) is 2.15. The van der Waals surface area contributed by atoms with Crippen LogP contribution < -0.4 is 5.32 Å². The Kier molecular flexibility index (Phi) is 3.21. The van der Waals surface area contributed by atoms with E-state index in [4.69, 9.17) is 4.42 Å². The van der Waals surface area contributed by atoms with Crippen LogP contribution in [0.25, 0.3) is 22.8 Å². The van der Waals surface area contributed by atoms with Gasteiger partial charge in [-0.25, -0.2) is 9.97 Å². The van der Waals surface area contributed by atoms with E-state index < -0.39 is 0 Å². The molecule has 0 saturated carbocycles. The third-order valence-corrected chi connectivity index (χ3v) is 3.17. The summed E-state index contributed by atoms with van der Waals surface area (Å²) in [7, 11) is 1.86. The van der Waals surface area contributed by atoms with Crippen molar-refractivity contribution in [3.05, 3.63) is 54.3 Å². The van der Waals surface area contributed by atoms with Crippen LogP contribution in [0.2, 0.25) is 0 Å². The predicted molar refractivity (Wildman–Crippen MR) is 79.5 cm³/mol. The van der Waals surface area contributed by atoms with Crippen LogP contribution in [0.3, 0.4) is 0 Å². The van der Waals surface area contributed by atoms with Gasteiger partial charge in [0.1, 0.15) is 5.82 Å². The second-order valence-corrected chi connectivity index (χ2v) is 4.46. The second-order valence-electron chi connectivity index (χ2n) is 4.46. The summed E-state index contributed by atoms with van der Waals surface area (Å²) in [6.45, 7) is 2.01. The highest BCUT2D eigenvalue weighted by atomic mass is 16.3. The highest BCUT2D eigenvalue weighted by Gasteiger charge is 2.14. The first kappa shape index (κ1) is 12.4. The van der Waals surface area contributed by atoms with Crippen molar-refractivity contribution in [2.75, 3.05) is 12.4 Å². The maximum Gasteiger partial charge on any atom is 0.198 e. The maximum absolute atomic E-state index is 5.40. The Labute approximate surface area is 117 Å². The Bertz CT molecular complexity index is 706. The van der Waals surface area contributed by atoms with Gasteiger partial charge in [-0.3, -0.25) is 0 Å². The molecule has 0 radical (unpaired) electrons. The average molecular weight is 265 g/mol. The standard InChI is InChI=1S/C16H15N3O/c1-11-14(12-7-4-3-5-8-12)18-16(19-15(11)17-2)13-9-6-10-20-13/h3-10H,1-2H3,(H,17,18,19). The van der Waals surface area contributed by atoms with Crippen LogP contribution >= 0.6 is 0 Å². The molecule has 0 unspecified atom stereocenters. The second kappa shape index (κ2) is 5.17. The van der Waals surface area contributed by atoms with Crippen LogP contribution in [0.15, 0.2) is 53.1 Å². The minimum Gasteiger partial charge on any atom is -0.461 e. The van der Waals surface area contributed by atoms with Crippen molar-refractivity contribution in [2.45, 2.75) is 6.92 Å². The summed E-state index contributed by atoms with van der Waals surface area (Å²) in [5, 5.41) is 3.11. The molecule has 4 heteroatoms. The molecule has 0 amide bonds. The summed E-state index contributed by atoms with van der Waals surface area (Å²) in [4.78, 5) is 9.15. The molecule has 0 fully saturated rings. The molecule has 0 saturated heterocycles. The van der Waals surface area contributed by atoms with Crippen LogP contribution in [0.5, 0.6) is 0 Å². The van der Waals surface area contributed by atoms with E-state index in [0.29, 0.717) is 11.6 Å². The third-order valence-electron chi connectivity index (χ3n) is 3.17. The number of hydrogen-bond donors (Lipinski definition) is 1. The fraction of sp³-hybridized carbons (Fsp3) is 0.125. The molecule has 0 spiro atoms. The van der Waals surface area contributed by atoms with Gasteiger partial charge in [0.05, 0.1) is 12.0 Å². The van der Waals surface area contributed by atoms with Gasteiger partial charge in [-0.2, -0.15) is 0 Å². The van der Waals surface area contributed by atoms with E-state index in [0.717, 1.165) is 22.6 Å². The highest BCUT2D eigenvalue weighted by Crippen LogP contribution is 2.28. The summed E-state index contributed by atoms with van der Waals surface area (Å²) in [6, 6.07) is 13.8. The molecule has 1 aromatic carbocycles. The lowest BCUT2D eigenvalue weighted by molar-refractivity contribution is 0.577. The van der Waals surface area contributed by atoms with Crippen LogP contribution in [0.1, 0.15) is 5.56 Å². The first-order chi connectivity index (χ1) is 9.79. The van der Waals surface area contributed by atoms with Crippen LogP contribution in [0.4, 0.5) is 5.82 Å². The first-order valence-electron chi connectivity index (χ1n) is 6.45. The Balaban J connectivity index is 2.21. The van der Waals surface area contributed by atoms with Crippen molar-refractivity contribution in [3.63, 3.8) is 0 Å². The van der Waals surface area contributed by atoms with E-state index >= 15 is 0 Å². The molecular formula is C16H15N3O. The summed E-state index contributed by atoms with van der Waals surface area (Å²) in [5.41, 5.74) is 3.00. The molecule has 2 aromatic heterocycles. The van der Waals surface area contributed by atoms with E-state index in [2.05, 4.69) is 15.3 Å². The molecular weight excluding hydrogens is 250 g/mol. The predicted octanol–water partition coefficient (Wildman–Crippen LogP) is 3.75. The van der Waals surface area contributed by atoms with Gasteiger partial charge in [0, 0.05) is 18.2 Å². The molecule has 0 aliphatic heterocycles. The molecule has 3 aromatic rings. The third kappa shape index (κ3) is 2.16. The molecule has 1 N–H and O–H groups in total. The summed E-state index contributed by atoms with van der Waals surface area (Å²) in [6.07, 6.45) is 1.62. The molecule has 100 valence electrons. The Morgan fingerprint density at radius 2 is 1.80 bits per heavy atom. The lowest BCUT2D eigenvalue weighted by Crippen LogP contribution is -2.02. The summed E-state index contributed by atoms with van der Waals surface area (Å²) >= 11 is 0. The van der Waals surface area contributed by atoms with Gasteiger partial charge < -0.3 is 9.73 Å². The van der Waals surface area contributed by atoms with Gasteiger partial charge in [0.2, 0.25) is 0 Å². The van der Waals surface area contributed by atoms with E-state index in [-0.39, 0.29) is 0 Å². The molecule has 0 bridgehead atoms. The monoisotopic (exact) mass is 265 g/mol. The van der Waals surface area contributed by atoms with Crippen molar-refractivity contribution >= 4 is 5.82 Å². The quantitative estimate of drug-likeness (QED) is 0.783. The van der Waals surface area contributed by atoms with Crippen molar-refractivity contribution in [3.8, 4) is 22.8 Å². The van der Waals surface area contributed by atoms with Gasteiger partial charge in [-0.1, -0.05) is 30.3 Å². The number of anilines is 1. The minimum atomic E-state index is 0.587. The summed E-state index contributed by atoms with van der Waals surface area (Å²) < 4.78 is 5.40. The first-order valence-corrected chi connectivity index (χ1v) is 6.45. The number of hydrogen-bond acceptors (Lipinski definition) is 4. The van der Waals surface area contributed by atoms with Crippen LogP contribution in [-0.4, -0.2) is 17.0 Å². The molecule has 2 heterocycles. The van der Waals surface area contributed by atoms with Crippen molar-refractivity contribution in [1.29, 1.82) is 0 Å². The van der Waals surface area contributed by atoms with Gasteiger partial charge in [-0.15, -0.1) is 0 Å². The van der Waals surface area contributed by atoms with E-state index in [9.17, 15) is 0 Å². The van der Waals surface area contributed by atoms with Gasteiger partial charge in [0.25, 0.3) is 0 Å². The smallest absolute Gasteiger partial charge is 0.198 e. The van der Waals surface area contributed by atoms with Crippen molar-refractivity contribution in [1.82, 2.24) is 9.97 Å². The zero-order chi connectivity index (χ0) is 13.9. The molecule has 20 heavy (non-hydrogen) atoms. The largest absolute Gasteiger partial charge is 0.461 e. The number of nitrogens with one attached hydrogen (secondary N) is 1.